The van der Waals surface area contributed by atoms with Gasteiger partial charge >= 0.3 is 0 Å². The van der Waals surface area contributed by atoms with Crippen molar-refractivity contribution in [3.05, 3.63) is 83.6 Å². The predicted octanol–water partition coefficient (Wildman–Crippen LogP) is 2.51. The van der Waals surface area contributed by atoms with Crippen molar-refractivity contribution < 1.29 is 4.79 Å². The Morgan fingerprint density at radius 1 is 1.07 bits per heavy atom. The highest BCUT2D eigenvalue weighted by atomic mass is 16.1. The minimum absolute atomic E-state index is 0.106. The summed E-state index contributed by atoms with van der Waals surface area (Å²) >= 11 is 0. The van der Waals surface area contributed by atoms with Gasteiger partial charge in [0.1, 0.15) is 5.82 Å². The van der Waals surface area contributed by atoms with E-state index in [9.17, 15) is 4.79 Å². The van der Waals surface area contributed by atoms with Crippen LogP contribution >= 0.6 is 0 Å². The Morgan fingerprint density at radius 3 is 2.71 bits per heavy atom. The molecular weight excluding hydrogens is 352 g/mol. The number of fused-ring (bicyclic) bond motifs is 1. The van der Waals surface area contributed by atoms with Crippen LogP contribution in [-0.4, -0.2) is 36.8 Å². The van der Waals surface area contributed by atoms with Gasteiger partial charge in [0.05, 0.1) is 24.0 Å². The molecule has 0 atom stereocenters. The molecule has 3 aromatic heterocycles. The van der Waals surface area contributed by atoms with Crippen molar-refractivity contribution in [2.24, 2.45) is 0 Å². The van der Waals surface area contributed by atoms with Crippen LogP contribution < -0.4 is 5.32 Å². The van der Waals surface area contributed by atoms with Crippen molar-refractivity contribution in [3.63, 3.8) is 0 Å². The molecule has 1 amide bonds. The van der Waals surface area contributed by atoms with E-state index in [1.54, 1.807) is 6.20 Å². The van der Waals surface area contributed by atoms with E-state index in [0.29, 0.717) is 25.1 Å². The van der Waals surface area contributed by atoms with Crippen molar-refractivity contribution in [2.45, 2.75) is 26.3 Å². The van der Waals surface area contributed by atoms with Crippen molar-refractivity contribution in [1.29, 1.82) is 0 Å². The Morgan fingerprint density at radius 2 is 1.89 bits per heavy atom. The third kappa shape index (κ3) is 3.64. The molecule has 1 N–H and O–H groups in total. The zero-order valence-electron chi connectivity index (χ0n) is 15.7. The van der Waals surface area contributed by atoms with E-state index in [1.807, 2.05) is 58.6 Å². The number of carbonyl (C=O) groups excluding carboxylic acids is 1. The summed E-state index contributed by atoms with van der Waals surface area (Å²) in [5.41, 5.74) is 3.53. The zero-order chi connectivity index (χ0) is 19.3. The molecule has 0 saturated carbocycles. The van der Waals surface area contributed by atoms with Gasteiger partial charge in [-0.25, -0.2) is 0 Å². The highest BCUT2D eigenvalue weighted by Gasteiger charge is 2.16. The fourth-order valence-corrected chi connectivity index (χ4v) is 3.31. The number of rotatable bonds is 7. The molecule has 0 spiro atoms. The number of aromatic nitrogens is 5. The Hall–Kier alpha value is -3.48. The average Bonchev–Trinajstić information content (AvgIpc) is 3.33. The molecule has 0 radical (unpaired) electrons. The second-order valence-corrected chi connectivity index (χ2v) is 6.55. The van der Waals surface area contributed by atoms with Crippen LogP contribution in [0.4, 0.5) is 0 Å². The summed E-state index contributed by atoms with van der Waals surface area (Å²) in [6, 6.07) is 15.9. The summed E-state index contributed by atoms with van der Waals surface area (Å²) in [4.78, 5) is 12.7. The molecule has 7 heteroatoms. The Labute approximate surface area is 163 Å². The van der Waals surface area contributed by atoms with E-state index in [2.05, 4.69) is 32.7 Å². The van der Waals surface area contributed by atoms with Crippen LogP contribution in [0.3, 0.4) is 0 Å². The van der Waals surface area contributed by atoms with Crippen LogP contribution in [-0.2, 0) is 19.4 Å². The van der Waals surface area contributed by atoms with Gasteiger partial charge in [-0.15, -0.1) is 10.2 Å². The summed E-state index contributed by atoms with van der Waals surface area (Å²) in [6.07, 6.45) is 4.93. The first kappa shape index (κ1) is 17.9. The molecule has 4 aromatic rings. The first-order chi connectivity index (χ1) is 13.8. The summed E-state index contributed by atoms with van der Waals surface area (Å²) in [5, 5.41) is 15.7. The number of nitrogens with one attached hydrogen (secondary N) is 1. The largest absolute Gasteiger partial charge is 0.351 e. The second kappa shape index (κ2) is 8.04. The van der Waals surface area contributed by atoms with E-state index in [4.69, 9.17) is 0 Å². The molecule has 3 heterocycles. The van der Waals surface area contributed by atoms with E-state index in [0.717, 1.165) is 29.1 Å². The number of hydrogen-bond donors (Lipinski definition) is 1. The minimum Gasteiger partial charge on any atom is -0.351 e. The number of pyridine rings is 1. The first-order valence-electron chi connectivity index (χ1n) is 9.41. The maximum atomic E-state index is 12.7. The summed E-state index contributed by atoms with van der Waals surface area (Å²) in [7, 11) is 0. The van der Waals surface area contributed by atoms with Crippen molar-refractivity contribution in [1.82, 2.24) is 29.7 Å². The third-order valence-electron chi connectivity index (χ3n) is 4.72. The lowest BCUT2D eigenvalue weighted by atomic mass is 10.1. The van der Waals surface area contributed by atoms with E-state index >= 15 is 0 Å². The van der Waals surface area contributed by atoms with Gasteiger partial charge in [-0.05, 0) is 24.1 Å². The maximum Gasteiger partial charge on any atom is 0.254 e. The second-order valence-electron chi connectivity index (χ2n) is 6.55. The number of carbonyl (C=O) groups is 1. The fourth-order valence-electron chi connectivity index (χ4n) is 3.31. The number of benzene rings is 1. The highest BCUT2D eigenvalue weighted by molar-refractivity contribution is 5.95. The van der Waals surface area contributed by atoms with Gasteiger partial charge in [0.15, 0.2) is 5.65 Å². The molecule has 0 aliphatic heterocycles. The summed E-state index contributed by atoms with van der Waals surface area (Å²) in [5.74, 6) is 0.719. The standard InChI is InChI=1S/C21H22N6O/c1-2-18-17(14-23-27(18)15-16-8-4-3-5-9-16)21(28)22-12-11-20-25-24-19-10-6-7-13-26(19)20/h3-10,13-14H,2,11-12,15H2,1H3,(H,22,28). The first-order valence-corrected chi connectivity index (χ1v) is 9.41. The highest BCUT2D eigenvalue weighted by Crippen LogP contribution is 2.12. The van der Waals surface area contributed by atoms with Gasteiger partial charge < -0.3 is 5.32 Å². The van der Waals surface area contributed by atoms with Crippen LogP contribution in [0.25, 0.3) is 5.65 Å². The van der Waals surface area contributed by atoms with Gasteiger partial charge in [0, 0.05) is 19.2 Å². The molecule has 1 aromatic carbocycles. The van der Waals surface area contributed by atoms with E-state index < -0.39 is 0 Å². The van der Waals surface area contributed by atoms with Gasteiger partial charge in [0.25, 0.3) is 5.91 Å². The summed E-state index contributed by atoms with van der Waals surface area (Å²) in [6.45, 7) is 3.18. The van der Waals surface area contributed by atoms with Crippen LogP contribution in [0, 0.1) is 0 Å². The van der Waals surface area contributed by atoms with Crippen molar-refractivity contribution >= 4 is 11.6 Å². The van der Waals surface area contributed by atoms with Gasteiger partial charge in [-0.2, -0.15) is 5.10 Å². The Balaban J connectivity index is 1.42. The Bertz CT molecular complexity index is 1080. The topological polar surface area (TPSA) is 77.1 Å². The lowest BCUT2D eigenvalue weighted by Gasteiger charge is -2.08. The van der Waals surface area contributed by atoms with Crippen LogP contribution in [0.15, 0.2) is 60.9 Å². The predicted molar refractivity (Wildman–Crippen MR) is 106 cm³/mol. The smallest absolute Gasteiger partial charge is 0.254 e. The molecule has 0 unspecified atom stereocenters. The molecule has 4 rings (SSSR count). The van der Waals surface area contributed by atoms with Crippen LogP contribution in [0.5, 0.6) is 0 Å². The molecule has 0 aliphatic rings. The number of hydrogen-bond acceptors (Lipinski definition) is 4. The minimum atomic E-state index is -0.106. The van der Waals surface area contributed by atoms with Crippen molar-refractivity contribution in [3.8, 4) is 0 Å². The SMILES string of the molecule is CCc1c(C(=O)NCCc2nnc3ccccn23)cnn1Cc1ccccc1. The lowest BCUT2D eigenvalue weighted by Crippen LogP contribution is -2.27. The van der Waals surface area contributed by atoms with Gasteiger partial charge in [-0.1, -0.05) is 43.3 Å². The molecule has 7 nitrogen and oxygen atoms in total. The van der Waals surface area contributed by atoms with E-state index in [-0.39, 0.29) is 5.91 Å². The zero-order valence-corrected chi connectivity index (χ0v) is 15.7. The molecular formula is C21H22N6O. The lowest BCUT2D eigenvalue weighted by molar-refractivity contribution is 0.0953. The quantitative estimate of drug-likeness (QED) is 0.539. The molecule has 0 saturated heterocycles. The molecule has 142 valence electrons. The van der Waals surface area contributed by atoms with E-state index in [1.165, 1.54) is 0 Å². The normalized spacial score (nSPS) is 11.0. The van der Waals surface area contributed by atoms with Gasteiger partial charge in [-0.3, -0.25) is 13.9 Å². The number of nitrogens with zero attached hydrogens (tertiary/aromatic N) is 5. The molecule has 28 heavy (non-hydrogen) atoms. The maximum absolute atomic E-state index is 12.7. The van der Waals surface area contributed by atoms with Crippen molar-refractivity contribution in [2.75, 3.05) is 6.54 Å². The average molecular weight is 374 g/mol. The molecule has 0 aliphatic carbocycles. The summed E-state index contributed by atoms with van der Waals surface area (Å²) < 4.78 is 3.83. The Kier molecular flexibility index (Phi) is 5.14. The fraction of sp³-hybridized carbons (Fsp3) is 0.238. The third-order valence-corrected chi connectivity index (χ3v) is 4.72. The molecule has 0 fully saturated rings. The van der Waals surface area contributed by atoms with Crippen LogP contribution in [0.1, 0.15) is 34.4 Å². The van der Waals surface area contributed by atoms with Crippen LogP contribution in [0.2, 0.25) is 0 Å². The van der Waals surface area contributed by atoms with Gasteiger partial charge in [0.2, 0.25) is 0 Å². The number of amides is 1. The molecule has 0 bridgehead atoms. The monoisotopic (exact) mass is 374 g/mol.